The number of aromatic nitrogens is 1. The molecule has 0 saturated carbocycles. The van der Waals surface area contributed by atoms with Crippen LogP contribution in [0.2, 0.25) is 0 Å². The molecule has 5 nitrogen and oxygen atoms in total. The molecule has 2 amide bonds. The number of aryl methyl sites for hydroxylation is 1. The van der Waals surface area contributed by atoms with Crippen LogP contribution in [-0.2, 0) is 13.0 Å². The maximum atomic E-state index is 11.7. The van der Waals surface area contributed by atoms with Crippen molar-refractivity contribution in [3.8, 4) is 0 Å². The molecule has 2 N–H and O–H groups in total. The van der Waals surface area contributed by atoms with E-state index in [-0.39, 0.29) is 6.03 Å². The SMILES string of the molecule is Cc1ncsc1CNC(=O)NCCc1cc2ccccc2o1. The van der Waals surface area contributed by atoms with E-state index in [4.69, 9.17) is 4.42 Å². The first kappa shape index (κ1) is 14.6. The van der Waals surface area contributed by atoms with Crippen LogP contribution in [0.3, 0.4) is 0 Å². The number of carbonyl (C=O) groups excluding carboxylic acids is 1. The van der Waals surface area contributed by atoms with E-state index >= 15 is 0 Å². The van der Waals surface area contributed by atoms with Gasteiger partial charge in [-0.3, -0.25) is 0 Å². The summed E-state index contributed by atoms with van der Waals surface area (Å²) in [6.45, 7) is 2.98. The Labute approximate surface area is 132 Å². The Morgan fingerprint density at radius 3 is 2.95 bits per heavy atom. The van der Waals surface area contributed by atoms with Crippen molar-refractivity contribution >= 4 is 28.3 Å². The van der Waals surface area contributed by atoms with Gasteiger partial charge >= 0.3 is 6.03 Å². The van der Waals surface area contributed by atoms with Crippen molar-refractivity contribution in [1.82, 2.24) is 15.6 Å². The lowest BCUT2D eigenvalue weighted by Crippen LogP contribution is -2.36. The molecule has 0 radical (unpaired) electrons. The highest BCUT2D eigenvalue weighted by molar-refractivity contribution is 7.09. The van der Waals surface area contributed by atoms with E-state index in [1.807, 2.05) is 37.3 Å². The molecule has 0 bridgehead atoms. The molecular weight excluding hydrogens is 298 g/mol. The number of amides is 2. The molecule has 2 heterocycles. The molecule has 0 aliphatic heterocycles. The van der Waals surface area contributed by atoms with Crippen molar-refractivity contribution in [3.05, 3.63) is 52.2 Å². The average Bonchev–Trinajstić information content (AvgIpc) is 3.10. The fourth-order valence-electron chi connectivity index (χ4n) is 2.18. The second-order valence-corrected chi connectivity index (χ2v) is 5.91. The number of furan rings is 1. The maximum absolute atomic E-state index is 11.7. The number of thiazole rings is 1. The molecule has 2 aromatic heterocycles. The highest BCUT2D eigenvalue weighted by Gasteiger charge is 2.06. The molecule has 22 heavy (non-hydrogen) atoms. The van der Waals surface area contributed by atoms with Gasteiger partial charge in [0.2, 0.25) is 0 Å². The van der Waals surface area contributed by atoms with Gasteiger partial charge in [0.15, 0.2) is 0 Å². The molecule has 0 saturated heterocycles. The third-order valence-corrected chi connectivity index (χ3v) is 4.32. The van der Waals surface area contributed by atoms with Gasteiger partial charge in [0.25, 0.3) is 0 Å². The number of hydrogen-bond donors (Lipinski definition) is 2. The second-order valence-electron chi connectivity index (χ2n) is 4.97. The number of para-hydroxylation sites is 1. The third-order valence-electron chi connectivity index (χ3n) is 3.39. The van der Waals surface area contributed by atoms with E-state index in [2.05, 4.69) is 15.6 Å². The highest BCUT2D eigenvalue weighted by atomic mass is 32.1. The lowest BCUT2D eigenvalue weighted by molar-refractivity contribution is 0.240. The van der Waals surface area contributed by atoms with Crippen LogP contribution in [0.5, 0.6) is 0 Å². The first-order chi connectivity index (χ1) is 10.7. The second kappa shape index (κ2) is 6.62. The van der Waals surface area contributed by atoms with Crippen LogP contribution < -0.4 is 10.6 Å². The van der Waals surface area contributed by atoms with Gasteiger partial charge < -0.3 is 15.1 Å². The minimum Gasteiger partial charge on any atom is -0.461 e. The number of rotatable bonds is 5. The number of benzene rings is 1. The third kappa shape index (κ3) is 3.46. The van der Waals surface area contributed by atoms with Gasteiger partial charge in [0.1, 0.15) is 11.3 Å². The van der Waals surface area contributed by atoms with Crippen molar-refractivity contribution in [3.63, 3.8) is 0 Å². The predicted octanol–water partition coefficient (Wildman–Crippen LogP) is 3.24. The number of nitrogens with one attached hydrogen (secondary N) is 2. The topological polar surface area (TPSA) is 67.2 Å². The van der Waals surface area contributed by atoms with Gasteiger partial charge in [-0.2, -0.15) is 0 Å². The number of nitrogens with zero attached hydrogens (tertiary/aromatic N) is 1. The zero-order valence-electron chi connectivity index (χ0n) is 12.3. The Balaban J connectivity index is 1.44. The van der Waals surface area contributed by atoms with Gasteiger partial charge in [-0.25, -0.2) is 9.78 Å². The van der Waals surface area contributed by atoms with Gasteiger partial charge in [0.05, 0.1) is 17.7 Å². The van der Waals surface area contributed by atoms with Gasteiger partial charge in [-0.1, -0.05) is 18.2 Å². The maximum Gasteiger partial charge on any atom is 0.315 e. The van der Waals surface area contributed by atoms with E-state index in [1.54, 1.807) is 16.8 Å². The molecule has 6 heteroatoms. The van der Waals surface area contributed by atoms with Crippen LogP contribution in [0.15, 0.2) is 40.3 Å². The standard InChI is InChI=1S/C16H17N3O2S/c1-11-15(22-10-19-11)9-18-16(20)17-7-6-13-8-12-4-2-3-5-14(12)21-13/h2-5,8,10H,6-7,9H2,1H3,(H2,17,18,20). The van der Waals surface area contributed by atoms with Crippen molar-refractivity contribution in [2.24, 2.45) is 0 Å². The summed E-state index contributed by atoms with van der Waals surface area (Å²) in [7, 11) is 0. The number of hydrogen-bond acceptors (Lipinski definition) is 4. The Hall–Kier alpha value is -2.34. The largest absolute Gasteiger partial charge is 0.461 e. The molecule has 1 aromatic carbocycles. The fraction of sp³-hybridized carbons (Fsp3) is 0.250. The summed E-state index contributed by atoms with van der Waals surface area (Å²) < 4.78 is 5.71. The van der Waals surface area contributed by atoms with Crippen LogP contribution in [0, 0.1) is 6.92 Å². The first-order valence-corrected chi connectivity index (χ1v) is 7.98. The zero-order valence-corrected chi connectivity index (χ0v) is 13.1. The summed E-state index contributed by atoms with van der Waals surface area (Å²) >= 11 is 1.55. The van der Waals surface area contributed by atoms with Gasteiger partial charge in [-0.15, -0.1) is 11.3 Å². The molecule has 3 aromatic rings. The Morgan fingerprint density at radius 1 is 1.32 bits per heavy atom. The van der Waals surface area contributed by atoms with Crippen molar-refractivity contribution in [2.75, 3.05) is 6.54 Å². The smallest absolute Gasteiger partial charge is 0.315 e. The van der Waals surface area contributed by atoms with Crippen LogP contribution in [0.1, 0.15) is 16.3 Å². The van der Waals surface area contributed by atoms with E-state index < -0.39 is 0 Å². The normalized spacial score (nSPS) is 10.8. The summed E-state index contributed by atoms with van der Waals surface area (Å²) in [5.74, 6) is 0.875. The van der Waals surface area contributed by atoms with Crippen LogP contribution >= 0.6 is 11.3 Å². The monoisotopic (exact) mass is 315 g/mol. The molecule has 0 atom stereocenters. The van der Waals surface area contributed by atoms with Crippen LogP contribution in [0.25, 0.3) is 11.0 Å². The molecule has 0 fully saturated rings. The molecule has 0 spiro atoms. The van der Waals surface area contributed by atoms with E-state index in [0.29, 0.717) is 19.5 Å². The molecule has 0 aliphatic rings. The molecule has 3 rings (SSSR count). The first-order valence-electron chi connectivity index (χ1n) is 7.10. The zero-order chi connectivity index (χ0) is 15.4. The molecule has 0 unspecified atom stereocenters. The predicted molar refractivity (Wildman–Crippen MR) is 87.0 cm³/mol. The summed E-state index contributed by atoms with van der Waals surface area (Å²) in [5.41, 5.74) is 3.63. The summed E-state index contributed by atoms with van der Waals surface area (Å²) in [5, 5.41) is 6.75. The summed E-state index contributed by atoms with van der Waals surface area (Å²) in [6, 6.07) is 9.72. The van der Waals surface area contributed by atoms with E-state index in [0.717, 1.165) is 27.3 Å². The molecule has 114 valence electrons. The number of urea groups is 1. The lowest BCUT2D eigenvalue weighted by Gasteiger charge is -2.06. The summed E-state index contributed by atoms with van der Waals surface area (Å²) in [4.78, 5) is 17.0. The summed E-state index contributed by atoms with van der Waals surface area (Å²) in [6.07, 6.45) is 0.668. The lowest BCUT2D eigenvalue weighted by atomic mass is 10.2. The van der Waals surface area contributed by atoms with Gasteiger partial charge in [-0.05, 0) is 19.1 Å². The number of fused-ring (bicyclic) bond motifs is 1. The highest BCUT2D eigenvalue weighted by Crippen LogP contribution is 2.18. The van der Waals surface area contributed by atoms with Crippen molar-refractivity contribution in [1.29, 1.82) is 0 Å². The molecular formula is C16H17N3O2S. The fourth-order valence-corrected chi connectivity index (χ4v) is 2.90. The van der Waals surface area contributed by atoms with E-state index in [1.165, 1.54) is 0 Å². The quantitative estimate of drug-likeness (QED) is 0.759. The van der Waals surface area contributed by atoms with Crippen molar-refractivity contribution in [2.45, 2.75) is 19.9 Å². The van der Waals surface area contributed by atoms with Crippen LogP contribution in [0.4, 0.5) is 4.79 Å². The van der Waals surface area contributed by atoms with E-state index in [9.17, 15) is 4.79 Å². The Bertz CT molecular complexity index is 745. The van der Waals surface area contributed by atoms with Crippen molar-refractivity contribution < 1.29 is 9.21 Å². The molecule has 0 aliphatic carbocycles. The number of carbonyl (C=O) groups is 1. The Morgan fingerprint density at radius 2 is 2.18 bits per heavy atom. The Kier molecular flexibility index (Phi) is 4.39. The van der Waals surface area contributed by atoms with Crippen LogP contribution in [-0.4, -0.2) is 17.6 Å². The van der Waals surface area contributed by atoms with Gasteiger partial charge in [0, 0.05) is 23.2 Å². The minimum absolute atomic E-state index is 0.177. The average molecular weight is 315 g/mol. The minimum atomic E-state index is -0.177.